The summed E-state index contributed by atoms with van der Waals surface area (Å²) in [6.45, 7) is 3.91. The number of methoxy groups -OCH3 is 2. The molecule has 0 bridgehead atoms. The van der Waals surface area contributed by atoms with Gasteiger partial charge >= 0.3 is 0 Å². The van der Waals surface area contributed by atoms with Gasteiger partial charge in [-0.3, -0.25) is 0 Å². The van der Waals surface area contributed by atoms with E-state index >= 15 is 0 Å². The van der Waals surface area contributed by atoms with E-state index in [1.54, 1.807) is 38.5 Å². The zero-order valence-electron chi connectivity index (χ0n) is 17.4. The summed E-state index contributed by atoms with van der Waals surface area (Å²) in [5.41, 5.74) is 2.07. The third-order valence-electron chi connectivity index (χ3n) is 4.27. The molecule has 2 aromatic rings. The Kier molecular flexibility index (Phi) is 8.33. The van der Waals surface area contributed by atoms with E-state index in [4.69, 9.17) is 9.47 Å². The second-order valence-electron chi connectivity index (χ2n) is 6.48. The zero-order chi connectivity index (χ0) is 21.3. The summed E-state index contributed by atoms with van der Waals surface area (Å²) in [7, 11) is 0.0566. The molecule has 8 heteroatoms. The molecule has 0 saturated carbocycles. The lowest BCUT2D eigenvalue weighted by atomic mass is 10.1. The third kappa shape index (κ3) is 6.98. The van der Waals surface area contributed by atoms with E-state index in [0.717, 1.165) is 24.1 Å². The maximum atomic E-state index is 11.5. The second-order valence-corrected chi connectivity index (χ2v) is 8.49. The highest BCUT2D eigenvalue weighted by atomic mass is 32.2. The van der Waals surface area contributed by atoms with Gasteiger partial charge in [0, 0.05) is 19.3 Å². The van der Waals surface area contributed by atoms with Crippen LogP contribution in [0.2, 0.25) is 0 Å². The molecule has 7 nitrogen and oxygen atoms in total. The van der Waals surface area contributed by atoms with Gasteiger partial charge < -0.3 is 20.1 Å². The molecule has 0 heterocycles. The second kappa shape index (κ2) is 10.7. The van der Waals surface area contributed by atoms with E-state index < -0.39 is 9.84 Å². The van der Waals surface area contributed by atoms with E-state index in [-0.39, 0.29) is 0 Å². The number of nitrogens with one attached hydrogen (secondary N) is 2. The van der Waals surface area contributed by atoms with Gasteiger partial charge in [-0.2, -0.15) is 0 Å². The van der Waals surface area contributed by atoms with E-state index in [1.165, 1.54) is 6.26 Å². The van der Waals surface area contributed by atoms with Gasteiger partial charge in [-0.1, -0.05) is 18.2 Å². The van der Waals surface area contributed by atoms with Gasteiger partial charge in [-0.25, -0.2) is 13.4 Å². The van der Waals surface area contributed by atoms with E-state index in [1.807, 2.05) is 25.1 Å². The number of hydrogen-bond acceptors (Lipinski definition) is 5. The summed E-state index contributed by atoms with van der Waals surface area (Å²) < 4.78 is 33.7. The van der Waals surface area contributed by atoms with Crippen molar-refractivity contribution in [1.82, 2.24) is 10.6 Å². The van der Waals surface area contributed by atoms with Crippen molar-refractivity contribution in [3.63, 3.8) is 0 Å². The number of hydrogen-bond donors (Lipinski definition) is 2. The van der Waals surface area contributed by atoms with Crippen molar-refractivity contribution in [3.8, 4) is 11.5 Å². The monoisotopic (exact) mass is 419 g/mol. The first-order valence-electron chi connectivity index (χ1n) is 9.39. The van der Waals surface area contributed by atoms with Gasteiger partial charge in [0.2, 0.25) is 0 Å². The van der Waals surface area contributed by atoms with Crippen LogP contribution in [0.1, 0.15) is 18.1 Å². The van der Waals surface area contributed by atoms with Crippen molar-refractivity contribution in [2.75, 3.05) is 33.6 Å². The zero-order valence-corrected chi connectivity index (χ0v) is 18.2. The minimum absolute atomic E-state index is 0.310. The number of guanidine groups is 1. The Morgan fingerprint density at radius 3 is 2.21 bits per heavy atom. The largest absolute Gasteiger partial charge is 0.493 e. The SMILES string of the molecule is CCNC(=NCc1ccc(S(C)(=O)=O)cc1)NCCc1ccc(OC)c(OC)c1. The van der Waals surface area contributed by atoms with Gasteiger partial charge in [-0.05, 0) is 48.7 Å². The van der Waals surface area contributed by atoms with Gasteiger partial charge in [0.15, 0.2) is 27.3 Å². The van der Waals surface area contributed by atoms with Crippen LogP contribution in [0.3, 0.4) is 0 Å². The molecule has 0 fully saturated rings. The Bertz CT molecular complexity index is 925. The van der Waals surface area contributed by atoms with E-state index in [2.05, 4.69) is 15.6 Å². The highest BCUT2D eigenvalue weighted by molar-refractivity contribution is 7.90. The fourth-order valence-electron chi connectivity index (χ4n) is 2.72. The molecule has 2 aromatic carbocycles. The molecule has 2 rings (SSSR count). The maximum Gasteiger partial charge on any atom is 0.191 e. The molecule has 0 unspecified atom stereocenters. The standard InChI is InChI=1S/C21H29N3O4S/c1-5-22-21(24-15-17-6-9-18(10-7-17)29(4,25)26)23-13-12-16-8-11-19(27-2)20(14-16)28-3/h6-11,14H,5,12-13,15H2,1-4H3,(H2,22,23,24). The van der Waals surface area contributed by atoms with Crippen LogP contribution in [0.5, 0.6) is 11.5 Å². The van der Waals surface area contributed by atoms with Crippen LogP contribution >= 0.6 is 0 Å². The molecule has 29 heavy (non-hydrogen) atoms. The van der Waals surface area contributed by atoms with Crippen molar-refractivity contribution in [2.45, 2.75) is 24.8 Å². The molecule has 0 saturated heterocycles. The van der Waals surface area contributed by atoms with Gasteiger partial charge in [0.25, 0.3) is 0 Å². The first-order valence-corrected chi connectivity index (χ1v) is 11.3. The van der Waals surface area contributed by atoms with Crippen LogP contribution in [-0.4, -0.2) is 47.9 Å². The normalized spacial score (nSPS) is 11.8. The highest BCUT2D eigenvalue weighted by Gasteiger charge is 2.07. The summed E-state index contributed by atoms with van der Waals surface area (Å²) in [6.07, 6.45) is 2.00. The number of nitrogens with zero attached hydrogens (tertiary/aromatic N) is 1. The minimum atomic E-state index is -3.18. The molecule has 0 amide bonds. The minimum Gasteiger partial charge on any atom is -0.493 e. The first kappa shape index (κ1) is 22.5. The van der Waals surface area contributed by atoms with Gasteiger partial charge in [0.05, 0.1) is 25.7 Å². The molecule has 0 atom stereocenters. The number of ether oxygens (including phenoxy) is 2. The third-order valence-corrected chi connectivity index (χ3v) is 5.40. The van der Waals surface area contributed by atoms with Crippen molar-refractivity contribution in [2.24, 2.45) is 4.99 Å². The lowest BCUT2D eigenvalue weighted by molar-refractivity contribution is 0.354. The highest BCUT2D eigenvalue weighted by Crippen LogP contribution is 2.27. The van der Waals surface area contributed by atoms with E-state index in [0.29, 0.717) is 35.4 Å². The van der Waals surface area contributed by atoms with Crippen molar-refractivity contribution < 1.29 is 17.9 Å². The lowest BCUT2D eigenvalue weighted by Gasteiger charge is -2.13. The molecule has 0 aliphatic carbocycles. The summed E-state index contributed by atoms with van der Waals surface area (Å²) in [5, 5.41) is 6.53. The van der Waals surface area contributed by atoms with E-state index in [9.17, 15) is 8.42 Å². The molecular weight excluding hydrogens is 390 g/mol. The number of sulfone groups is 1. The lowest BCUT2D eigenvalue weighted by Crippen LogP contribution is -2.38. The van der Waals surface area contributed by atoms with Crippen LogP contribution in [0, 0.1) is 0 Å². The molecule has 0 radical (unpaired) electrons. The predicted molar refractivity (Wildman–Crippen MR) is 116 cm³/mol. The van der Waals surface area contributed by atoms with Crippen LogP contribution in [0.4, 0.5) is 0 Å². The predicted octanol–water partition coefficient (Wildman–Crippen LogP) is 2.41. The Morgan fingerprint density at radius 2 is 1.62 bits per heavy atom. The Labute approximate surface area is 173 Å². The molecule has 0 aromatic heterocycles. The van der Waals surface area contributed by atoms with Crippen LogP contribution in [-0.2, 0) is 22.8 Å². The van der Waals surface area contributed by atoms with Crippen molar-refractivity contribution >= 4 is 15.8 Å². The molecular formula is C21H29N3O4S. The van der Waals surface area contributed by atoms with Crippen LogP contribution < -0.4 is 20.1 Å². The van der Waals surface area contributed by atoms with Crippen molar-refractivity contribution in [3.05, 3.63) is 53.6 Å². The van der Waals surface area contributed by atoms with Crippen molar-refractivity contribution in [1.29, 1.82) is 0 Å². The fourth-order valence-corrected chi connectivity index (χ4v) is 3.35. The fraction of sp³-hybridized carbons (Fsp3) is 0.381. The molecule has 2 N–H and O–H groups in total. The number of benzene rings is 2. The smallest absolute Gasteiger partial charge is 0.191 e. The topological polar surface area (TPSA) is 89.0 Å². The average Bonchev–Trinajstić information content (AvgIpc) is 2.71. The molecule has 0 aliphatic heterocycles. The summed E-state index contributed by atoms with van der Waals surface area (Å²) in [5.74, 6) is 2.13. The molecule has 0 aliphatic rings. The Hall–Kier alpha value is -2.74. The van der Waals surface area contributed by atoms with Crippen LogP contribution in [0.15, 0.2) is 52.4 Å². The maximum absolute atomic E-state index is 11.5. The number of rotatable bonds is 9. The van der Waals surface area contributed by atoms with Gasteiger partial charge in [-0.15, -0.1) is 0 Å². The quantitative estimate of drug-likeness (QED) is 0.479. The Morgan fingerprint density at radius 1 is 0.966 bits per heavy atom. The first-order chi connectivity index (χ1) is 13.9. The van der Waals surface area contributed by atoms with Gasteiger partial charge in [0.1, 0.15) is 0 Å². The summed E-state index contributed by atoms with van der Waals surface area (Å²) in [6, 6.07) is 12.7. The number of aliphatic imine (C=N–C) groups is 1. The summed E-state index contributed by atoms with van der Waals surface area (Å²) in [4.78, 5) is 4.88. The Balaban J connectivity index is 1.95. The summed E-state index contributed by atoms with van der Waals surface area (Å²) >= 11 is 0. The molecule has 0 spiro atoms. The molecule has 158 valence electrons. The van der Waals surface area contributed by atoms with Crippen LogP contribution in [0.25, 0.3) is 0 Å². The average molecular weight is 420 g/mol.